The molecule has 1 aliphatic rings. The van der Waals surface area contributed by atoms with Crippen LogP contribution in [0.15, 0.2) is 23.3 Å². The molecule has 2 heterocycles. The van der Waals surface area contributed by atoms with Crippen LogP contribution in [0.3, 0.4) is 0 Å². The van der Waals surface area contributed by atoms with Gasteiger partial charge in [-0.05, 0) is 6.92 Å². The van der Waals surface area contributed by atoms with E-state index in [0.29, 0.717) is 13.2 Å². The van der Waals surface area contributed by atoms with Crippen molar-refractivity contribution in [2.45, 2.75) is 13.0 Å². The quantitative estimate of drug-likeness (QED) is 0.769. The van der Waals surface area contributed by atoms with Crippen LogP contribution in [0.1, 0.15) is 17.3 Å². The van der Waals surface area contributed by atoms with Crippen molar-refractivity contribution in [3.63, 3.8) is 0 Å². The first-order chi connectivity index (χ1) is 9.65. The highest BCUT2D eigenvalue weighted by Crippen LogP contribution is 2.10. The number of nitrogens with one attached hydrogen (secondary N) is 2. The van der Waals surface area contributed by atoms with Crippen molar-refractivity contribution in [1.29, 1.82) is 0 Å². The van der Waals surface area contributed by atoms with Gasteiger partial charge in [0.1, 0.15) is 11.6 Å². The Hall–Kier alpha value is -2.15. The van der Waals surface area contributed by atoms with Crippen molar-refractivity contribution in [1.82, 2.24) is 15.2 Å². The molecule has 1 saturated heterocycles. The monoisotopic (exact) mass is 279 g/mol. The molecule has 1 unspecified atom stereocenters. The number of amides is 2. The van der Waals surface area contributed by atoms with E-state index >= 15 is 0 Å². The molecule has 0 radical (unpaired) electrons. The number of likely N-dealkylation sites (N-methyl/N-ethyl adjacent to an activating group) is 1. The van der Waals surface area contributed by atoms with Gasteiger partial charge >= 0.3 is 0 Å². The average molecular weight is 279 g/mol. The van der Waals surface area contributed by atoms with Gasteiger partial charge < -0.3 is 19.9 Å². The SMILES string of the molecule is CCNC(=O)C1COCCN1C(=O)c1c[nH]ccc1=O. The van der Waals surface area contributed by atoms with Gasteiger partial charge in [-0.1, -0.05) is 0 Å². The number of H-pyrrole nitrogens is 1. The maximum absolute atomic E-state index is 12.4. The molecule has 1 atom stereocenters. The van der Waals surface area contributed by atoms with Crippen LogP contribution in [0, 0.1) is 0 Å². The summed E-state index contributed by atoms with van der Waals surface area (Å²) in [5, 5.41) is 2.67. The highest BCUT2D eigenvalue weighted by molar-refractivity contribution is 5.97. The fourth-order valence-electron chi connectivity index (χ4n) is 2.09. The van der Waals surface area contributed by atoms with Crippen molar-refractivity contribution >= 4 is 11.8 Å². The number of hydrogen-bond acceptors (Lipinski definition) is 4. The molecule has 0 aromatic carbocycles. The number of morpholine rings is 1. The maximum atomic E-state index is 12.4. The number of ether oxygens (including phenoxy) is 1. The minimum Gasteiger partial charge on any atom is -0.377 e. The Kier molecular flexibility index (Phi) is 4.52. The zero-order valence-electron chi connectivity index (χ0n) is 11.2. The van der Waals surface area contributed by atoms with E-state index in [2.05, 4.69) is 10.3 Å². The summed E-state index contributed by atoms with van der Waals surface area (Å²) in [6.45, 7) is 3.06. The van der Waals surface area contributed by atoms with Crippen LogP contribution in [0.2, 0.25) is 0 Å². The van der Waals surface area contributed by atoms with E-state index in [1.54, 1.807) is 6.92 Å². The van der Waals surface area contributed by atoms with E-state index in [4.69, 9.17) is 4.74 Å². The number of rotatable bonds is 3. The lowest BCUT2D eigenvalue weighted by Crippen LogP contribution is -2.56. The molecule has 0 bridgehead atoms. The minimum absolute atomic E-state index is 0.0312. The Bertz CT molecular complexity index is 555. The van der Waals surface area contributed by atoms with Crippen molar-refractivity contribution in [3.05, 3.63) is 34.2 Å². The first-order valence-corrected chi connectivity index (χ1v) is 6.48. The second-order valence-electron chi connectivity index (χ2n) is 4.41. The molecule has 1 aliphatic heterocycles. The summed E-state index contributed by atoms with van der Waals surface area (Å²) in [5.41, 5.74) is -0.335. The highest BCUT2D eigenvalue weighted by atomic mass is 16.5. The first kappa shape index (κ1) is 14.3. The summed E-state index contributed by atoms with van der Waals surface area (Å²) >= 11 is 0. The number of pyridine rings is 1. The molecule has 2 amide bonds. The van der Waals surface area contributed by atoms with Crippen LogP contribution in [-0.2, 0) is 9.53 Å². The number of carbonyl (C=O) groups is 2. The van der Waals surface area contributed by atoms with E-state index in [1.807, 2.05) is 0 Å². The molecule has 20 heavy (non-hydrogen) atoms. The Morgan fingerprint density at radius 2 is 2.35 bits per heavy atom. The predicted octanol–water partition coefficient (Wildman–Crippen LogP) is -0.648. The summed E-state index contributed by atoms with van der Waals surface area (Å²) in [7, 11) is 0. The maximum Gasteiger partial charge on any atom is 0.260 e. The molecule has 2 rings (SSSR count). The van der Waals surface area contributed by atoms with Gasteiger partial charge in [0.15, 0.2) is 5.43 Å². The molecule has 0 aliphatic carbocycles. The summed E-state index contributed by atoms with van der Waals surface area (Å²) in [6, 6.07) is 0.588. The summed E-state index contributed by atoms with van der Waals surface area (Å²) in [6.07, 6.45) is 2.81. The smallest absolute Gasteiger partial charge is 0.260 e. The second kappa shape index (κ2) is 6.33. The number of nitrogens with zero attached hydrogens (tertiary/aromatic N) is 1. The Balaban J connectivity index is 2.24. The third kappa shape index (κ3) is 2.88. The predicted molar refractivity (Wildman–Crippen MR) is 71.4 cm³/mol. The van der Waals surface area contributed by atoms with Crippen LogP contribution in [0.25, 0.3) is 0 Å². The summed E-state index contributed by atoms with van der Waals surface area (Å²) in [5.74, 6) is -0.723. The molecular weight excluding hydrogens is 262 g/mol. The largest absolute Gasteiger partial charge is 0.377 e. The molecule has 0 saturated carbocycles. The molecule has 1 aromatic rings. The summed E-state index contributed by atoms with van der Waals surface area (Å²) < 4.78 is 5.26. The number of aromatic amines is 1. The molecule has 1 aromatic heterocycles. The van der Waals surface area contributed by atoms with Crippen LogP contribution < -0.4 is 10.7 Å². The van der Waals surface area contributed by atoms with Gasteiger partial charge in [0.05, 0.1) is 13.2 Å². The molecule has 7 nitrogen and oxygen atoms in total. The van der Waals surface area contributed by atoms with Gasteiger partial charge in [-0.15, -0.1) is 0 Å². The van der Waals surface area contributed by atoms with E-state index in [9.17, 15) is 14.4 Å². The summed E-state index contributed by atoms with van der Waals surface area (Å²) in [4.78, 5) is 40.2. The van der Waals surface area contributed by atoms with Crippen LogP contribution in [0.5, 0.6) is 0 Å². The zero-order valence-corrected chi connectivity index (χ0v) is 11.2. The second-order valence-corrected chi connectivity index (χ2v) is 4.41. The average Bonchev–Trinajstić information content (AvgIpc) is 2.47. The molecule has 0 spiro atoms. The lowest BCUT2D eigenvalue weighted by molar-refractivity contribution is -0.130. The van der Waals surface area contributed by atoms with Crippen LogP contribution in [0.4, 0.5) is 0 Å². The molecule has 108 valence electrons. The lowest BCUT2D eigenvalue weighted by atomic mass is 10.1. The molecule has 1 fully saturated rings. The Labute approximate surface area is 115 Å². The van der Waals surface area contributed by atoms with Gasteiger partial charge in [0.25, 0.3) is 5.91 Å². The van der Waals surface area contributed by atoms with Gasteiger partial charge in [-0.2, -0.15) is 0 Å². The van der Waals surface area contributed by atoms with Gasteiger partial charge in [-0.25, -0.2) is 0 Å². The topological polar surface area (TPSA) is 91.5 Å². The first-order valence-electron chi connectivity index (χ1n) is 6.48. The third-order valence-electron chi connectivity index (χ3n) is 3.10. The lowest BCUT2D eigenvalue weighted by Gasteiger charge is -2.34. The minimum atomic E-state index is -0.698. The van der Waals surface area contributed by atoms with E-state index in [-0.39, 0.29) is 30.1 Å². The Morgan fingerprint density at radius 3 is 3.05 bits per heavy atom. The van der Waals surface area contributed by atoms with E-state index in [1.165, 1.54) is 23.4 Å². The van der Waals surface area contributed by atoms with Crippen molar-refractivity contribution in [2.75, 3.05) is 26.3 Å². The molecule has 7 heteroatoms. The number of aromatic nitrogens is 1. The van der Waals surface area contributed by atoms with Gasteiger partial charge in [0.2, 0.25) is 5.91 Å². The molecular formula is C13H17N3O4. The highest BCUT2D eigenvalue weighted by Gasteiger charge is 2.33. The van der Waals surface area contributed by atoms with Crippen molar-refractivity contribution in [3.8, 4) is 0 Å². The van der Waals surface area contributed by atoms with Crippen molar-refractivity contribution in [2.24, 2.45) is 0 Å². The Morgan fingerprint density at radius 1 is 1.55 bits per heavy atom. The fraction of sp³-hybridized carbons (Fsp3) is 0.462. The van der Waals surface area contributed by atoms with Crippen LogP contribution >= 0.6 is 0 Å². The van der Waals surface area contributed by atoms with Gasteiger partial charge in [-0.3, -0.25) is 14.4 Å². The zero-order chi connectivity index (χ0) is 14.5. The molecule has 2 N–H and O–H groups in total. The van der Waals surface area contributed by atoms with E-state index < -0.39 is 11.9 Å². The number of hydrogen-bond donors (Lipinski definition) is 2. The van der Waals surface area contributed by atoms with Crippen LogP contribution in [-0.4, -0.2) is 54.0 Å². The van der Waals surface area contributed by atoms with E-state index in [0.717, 1.165) is 0 Å². The normalized spacial score (nSPS) is 18.6. The van der Waals surface area contributed by atoms with Gasteiger partial charge in [0, 0.05) is 31.5 Å². The fourth-order valence-corrected chi connectivity index (χ4v) is 2.09. The van der Waals surface area contributed by atoms with Crippen molar-refractivity contribution < 1.29 is 14.3 Å². The number of carbonyl (C=O) groups excluding carboxylic acids is 2. The standard InChI is InChI=1S/C13H17N3O4/c1-2-15-12(18)10-8-20-6-5-16(10)13(19)9-7-14-4-3-11(9)17/h3-4,7,10H,2,5-6,8H2,1H3,(H,14,17)(H,15,18). The third-order valence-corrected chi connectivity index (χ3v) is 3.10.